The lowest BCUT2D eigenvalue weighted by molar-refractivity contribution is 0.609. The molecule has 2 heteroatoms. The van der Waals surface area contributed by atoms with Crippen LogP contribution in [0.15, 0.2) is 10.8 Å². The molecule has 1 aliphatic carbocycles. The molecule has 0 spiro atoms. The van der Waals surface area contributed by atoms with Crippen molar-refractivity contribution < 1.29 is 0 Å². The summed E-state index contributed by atoms with van der Waals surface area (Å²) in [6.07, 6.45) is 4.81. The van der Waals surface area contributed by atoms with E-state index in [1.165, 1.54) is 36.8 Å². The minimum absolute atomic E-state index is 0.217. The number of nitrogens with two attached hydrogens (primary N) is 1. The first-order valence-corrected chi connectivity index (χ1v) is 5.44. The topological polar surface area (TPSA) is 26.0 Å². The zero-order chi connectivity index (χ0) is 8.60. The van der Waals surface area contributed by atoms with Gasteiger partial charge >= 0.3 is 0 Å². The zero-order valence-corrected chi connectivity index (χ0v) is 8.29. The highest BCUT2D eigenvalue weighted by Gasteiger charge is 2.37. The van der Waals surface area contributed by atoms with Gasteiger partial charge in [0, 0.05) is 5.54 Å². The predicted octanol–water partition coefficient (Wildman–Crippen LogP) is 2.48. The van der Waals surface area contributed by atoms with Crippen LogP contribution in [0, 0.1) is 6.92 Å². The molecule has 0 amide bonds. The molecule has 2 N–H and O–H groups in total. The maximum absolute atomic E-state index is 6.02. The highest BCUT2D eigenvalue weighted by molar-refractivity contribution is 7.08. The Bertz CT molecular complexity index is 273. The number of aryl methyl sites for hydroxylation is 2. The smallest absolute Gasteiger partial charge is 0.0158 e. The summed E-state index contributed by atoms with van der Waals surface area (Å²) in [4.78, 5) is 0. The van der Waals surface area contributed by atoms with Gasteiger partial charge in [-0.3, -0.25) is 0 Å². The van der Waals surface area contributed by atoms with E-state index in [0.717, 1.165) is 0 Å². The van der Waals surface area contributed by atoms with Gasteiger partial charge in [0.2, 0.25) is 0 Å². The highest BCUT2D eigenvalue weighted by atomic mass is 32.1. The van der Waals surface area contributed by atoms with Crippen LogP contribution in [0.1, 0.15) is 30.4 Å². The van der Waals surface area contributed by atoms with Crippen LogP contribution in [0.5, 0.6) is 0 Å². The average Bonchev–Trinajstić information content (AvgIpc) is 2.61. The molecule has 1 aromatic rings. The molecule has 1 aliphatic rings. The Hall–Kier alpha value is -0.340. The Kier molecular flexibility index (Phi) is 1.97. The van der Waals surface area contributed by atoms with Gasteiger partial charge in [-0.25, -0.2) is 0 Å². The van der Waals surface area contributed by atoms with Gasteiger partial charge in [0.25, 0.3) is 0 Å². The Balaban J connectivity index is 1.91. The van der Waals surface area contributed by atoms with Gasteiger partial charge in [-0.2, -0.15) is 11.3 Å². The van der Waals surface area contributed by atoms with E-state index in [2.05, 4.69) is 17.7 Å². The number of rotatable bonds is 3. The first kappa shape index (κ1) is 8.27. The highest BCUT2D eigenvalue weighted by Crippen LogP contribution is 2.36. The second-order valence-corrected chi connectivity index (χ2v) is 4.69. The monoisotopic (exact) mass is 181 g/mol. The normalized spacial score (nSPS) is 19.5. The van der Waals surface area contributed by atoms with Crippen LogP contribution in [-0.2, 0) is 6.42 Å². The molecule has 1 saturated carbocycles. The van der Waals surface area contributed by atoms with E-state index < -0.39 is 0 Å². The van der Waals surface area contributed by atoms with E-state index in [1.807, 2.05) is 0 Å². The lowest BCUT2D eigenvalue weighted by Gasteiger charge is -2.06. The second kappa shape index (κ2) is 2.86. The molecule has 0 bridgehead atoms. The van der Waals surface area contributed by atoms with Crippen LogP contribution in [0.4, 0.5) is 0 Å². The summed E-state index contributed by atoms with van der Waals surface area (Å²) in [6, 6.07) is 0. The van der Waals surface area contributed by atoms with E-state index in [-0.39, 0.29) is 5.54 Å². The molecular formula is C10H15NS. The zero-order valence-electron chi connectivity index (χ0n) is 7.47. The Labute approximate surface area is 77.6 Å². The van der Waals surface area contributed by atoms with Gasteiger partial charge in [0.15, 0.2) is 0 Å². The van der Waals surface area contributed by atoms with Crippen molar-refractivity contribution in [2.24, 2.45) is 5.73 Å². The number of hydrogen-bond acceptors (Lipinski definition) is 2. The van der Waals surface area contributed by atoms with Gasteiger partial charge in [-0.1, -0.05) is 0 Å². The van der Waals surface area contributed by atoms with E-state index >= 15 is 0 Å². The molecule has 0 aliphatic heterocycles. The summed E-state index contributed by atoms with van der Waals surface area (Å²) in [7, 11) is 0. The van der Waals surface area contributed by atoms with Crippen molar-refractivity contribution in [1.82, 2.24) is 0 Å². The summed E-state index contributed by atoms with van der Waals surface area (Å²) >= 11 is 1.80. The summed E-state index contributed by atoms with van der Waals surface area (Å²) in [5.74, 6) is 0. The minimum Gasteiger partial charge on any atom is -0.325 e. The Morgan fingerprint density at radius 2 is 2.25 bits per heavy atom. The van der Waals surface area contributed by atoms with E-state index in [1.54, 1.807) is 11.3 Å². The quantitative estimate of drug-likeness (QED) is 0.761. The molecule has 0 radical (unpaired) electrons. The summed E-state index contributed by atoms with van der Waals surface area (Å²) in [5.41, 5.74) is 9.16. The molecule has 0 aromatic carbocycles. The molecule has 12 heavy (non-hydrogen) atoms. The van der Waals surface area contributed by atoms with Gasteiger partial charge in [0.1, 0.15) is 0 Å². The summed E-state index contributed by atoms with van der Waals surface area (Å²) in [6.45, 7) is 2.18. The molecule has 1 heterocycles. The first-order valence-electron chi connectivity index (χ1n) is 4.50. The Morgan fingerprint density at radius 1 is 1.50 bits per heavy atom. The largest absolute Gasteiger partial charge is 0.325 e. The van der Waals surface area contributed by atoms with Gasteiger partial charge in [-0.15, -0.1) is 0 Å². The third kappa shape index (κ3) is 1.70. The van der Waals surface area contributed by atoms with Crippen molar-refractivity contribution in [2.45, 2.75) is 38.1 Å². The van der Waals surface area contributed by atoms with Crippen molar-refractivity contribution in [3.05, 3.63) is 21.9 Å². The van der Waals surface area contributed by atoms with Crippen molar-refractivity contribution in [3.8, 4) is 0 Å². The van der Waals surface area contributed by atoms with Crippen LogP contribution >= 0.6 is 11.3 Å². The predicted molar refractivity (Wildman–Crippen MR) is 53.5 cm³/mol. The van der Waals surface area contributed by atoms with Crippen LogP contribution in [0.3, 0.4) is 0 Å². The average molecular weight is 181 g/mol. The summed E-state index contributed by atoms with van der Waals surface area (Å²) < 4.78 is 0. The standard InChI is InChI=1S/C10H15NS/c1-8-6-12-7-9(8)2-3-10(11)4-5-10/h6-7H,2-5,11H2,1H3. The molecule has 1 fully saturated rings. The number of hydrogen-bond donors (Lipinski definition) is 1. The molecule has 1 nitrogen and oxygen atoms in total. The molecule has 1 aromatic heterocycles. The Morgan fingerprint density at radius 3 is 2.75 bits per heavy atom. The van der Waals surface area contributed by atoms with Crippen LogP contribution in [0.25, 0.3) is 0 Å². The fourth-order valence-electron chi connectivity index (χ4n) is 1.44. The van der Waals surface area contributed by atoms with Crippen molar-refractivity contribution in [2.75, 3.05) is 0 Å². The van der Waals surface area contributed by atoms with Gasteiger partial charge in [-0.05, 0) is 54.5 Å². The third-order valence-corrected chi connectivity index (χ3v) is 3.66. The third-order valence-electron chi connectivity index (χ3n) is 2.75. The summed E-state index contributed by atoms with van der Waals surface area (Å²) in [5, 5.41) is 4.46. The molecule has 0 atom stereocenters. The van der Waals surface area contributed by atoms with Gasteiger partial charge < -0.3 is 5.73 Å². The molecule has 0 saturated heterocycles. The van der Waals surface area contributed by atoms with Crippen LogP contribution < -0.4 is 5.73 Å². The van der Waals surface area contributed by atoms with E-state index in [4.69, 9.17) is 5.73 Å². The fraction of sp³-hybridized carbons (Fsp3) is 0.600. The van der Waals surface area contributed by atoms with Crippen LogP contribution in [0.2, 0.25) is 0 Å². The second-order valence-electron chi connectivity index (χ2n) is 3.94. The first-order chi connectivity index (χ1) is 5.70. The molecular weight excluding hydrogens is 166 g/mol. The molecule has 2 rings (SSSR count). The SMILES string of the molecule is Cc1cscc1CCC1(N)CC1. The molecule has 66 valence electrons. The fourth-order valence-corrected chi connectivity index (χ4v) is 2.33. The van der Waals surface area contributed by atoms with E-state index in [9.17, 15) is 0 Å². The van der Waals surface area contributed by atoms with Crippen molar-refractivity contribution >= 4 is 11.3 Å². The minimum atomic E-state index is 0.217. The van der Waals surface area contributed by atoms with Crippen LogP contribution in [-0.4, -0.2) is 5.54 Å². The maximum atomic E-state index is 6.02. The van der Waals surface area contributed by atoms with Crippen molar-refractivity contribution in [3.63, 3.8) is 0 Å². The lowest BCUT2D eigenvalue weighted by atomic mass is 10.0. The van der Waals surface area contributed by atoms with E-state index in [0.29, 0.717) is 0 Å². The van der Waals surface area contributed by atoms with Gasteiger partial charge in [0.05, 0.1) is 0 Å². The lowest BCUT2D eigenvalue weighted by Crippen LogP contribution is -2.22. The number of thiophene rings is 1. The molecule has 0 unspecified atom stereocenters. The van der Waals surface area contributed by atoms with Crippen molar-refractivity contribution in [1.29, 1.82) is 0 Å². The maximum Gasteiger partial charge on any atom is 0.0158 e.